The highest BCUT2D eigenvalue weighted by Crippen LogP contribution is 2.10. The van der Waals surface area contributed by atoms with Crippen LogP contribution in [0.3, 0.4) is 0 Å². The molecule has 1 aromatic heterocycles. The van der Waals surface area contributed by atoms with Gasteiger partial charge in [-0.15, -0.1) is 0 Å². The lowest BCUT2D eigenvalue weighted by Gasteiger charge is -2.20. The van der Waals surface area contributed by atoms with Crippen molar-refractivity contribution in [1.29, 1.82) is 0 Å². The zero-order chi connectivity index (χ0) is 8.81. The lowest BCUT2D eigenvalue weighted by atomic mass is 10.3. The van der Waals surface area contributed by atoms with E-state index in [-0.39, 0.29) is 0 Å². The first-order chi connectivity index (χ1) is 5.88. The van der Waals surface area contributed by atoms with Crippen molar-refractivity contribution >= 4 is 5.69 Å². The van der Waals surface area contributed by atoms with Gasteiger partial charge in [0.25, 0.3) is 0 Å². The van der Waals surface area contributed by atoms with Crippen molar-refractivity contribution in [3.05, 3.63) is 24.5 Å². The zero-order valence-electron chi connectivity index (χ0n) is 7.75. The van der Waals surface area contributed by atoms with E-state index in [4.69, 9.17) is 0 Å². The molecule has 1 aromatic rings. The lowest BCUT2D eigenvalue weighted by Crippen LogP contribution is -2.23. The Hall–Kier alpha value is -1.05. The van der Waals surface area contributed by atoms with Crippen LogP contribution in [0.1, 0.15) is 20.3 Å². The molecule has 1 radical (unpaired) electrons. The van der Waals surface area contributed by atoms with Crippen LogP contribution in [0.25, 0.3) is 0 Å². The monoisotopic (exact) mass is 163 g/mol. The molecule has 12 heavy (non-hydrogen) atoms. The average molecular weight is 163 g/mol. The lowest BCUT2D eigenvalue weighted by molar-refractivity contribution is 0.789. The van der Waals surface area contributed by atoms with Gasteiger partial charge in [0.05, 0.1) is 5.69 Å². The van der Waals surface area contributed by atoms with E-state index in [2.05, 4.69) is 29.9 Å². The summed E-state index contributed by atoms with van der Waals surface area (Å²) in [6, 6.07) is 4.00. The first-order valence-corrected chi connectivity index (χ1v) is 4.46. The standard InChI is InChI=1S/C10H15N2/c1-3-8-12(4-2)10-6-5-7-11-9-10/h5-7H,3-4,8H2,1-2H3. The molecule has 0 N–H and O–H groups in total. The van der Waals surface area contributed by atoms with Crippen molar-refractivity contribution in [3.8, 4) is 0 Å². The molecule has 0 aliphatic rings. The molecule has 2 nitrogen and oxygen atoms in total. The topological polar surface area (TPSA) is 16.1 Å². The molecule has 0 bridgehead atoms. The van der Waals surface area contributed by atoms with Crippen molar-refractivity contribution in [1.82, 2.24) is 4.98 Å². The summed E-state index contributed by atoms with van der Waals surface area (Å²) in [5.41, 5.74) is 1.10. The van der Waals surface area contributed by atoms with Gasteiger partial charge >= 0.3 is 0 Å². The predicted molar refractivity (Wildman–Crippen MR) is 51.3 cm³/mol. The van der Waals surface area contributed by atoms with Crippen LogP contribution in [0.4, 0.5) is 5.69 Å². The Morgan fingerprint density at radius 3 is 2.83 bits per heavy atom. The van der Waals surface area contributed by atoms with Gasteiger partial charge in [0.2, 0.25) is 0 Å². The molecule has 0 saturated heterocycles. The molecule has 2 heteroatoms. The van der Waals surface area contributed by atoms with E-state index in [0.717, 1.165) is 25.2 Å². The molecule has 0 unspecified atom stereocenters. The van der Waals surface area contributed by atoms with Crippen LogP contribution in [-0.2, 0) is 0 Å². The van der Waals surface area contributed by atoms with Crippen LogP contribution in [0.2, 0.25) is 0 Å². The maximum absolute atomic E-state index is 3.97. The van der Waals surface area contributed by atoms with Gasteiger partial charge in [-0.3, -0.25) is 4.98 Å². The highest BCUT2D eigenvalue weighted by atomic mass is 15.1. The second-order valence-corrected chi connectivity index (χ2v) is 2.71. The maximum atomic E-state index is 3.97. The Labute approximate surface area is 74.2 Å². The summed E-state index contributed by atoms with van der Waals surface area (Å²) in [5, 5.41) is 0. The Bertz CT molecular complexity index is 208. The summed E-state index contributed by atoms with van der Waals surface area (Å²) < 4.78 is 0. The van der Waals surface area contributed by atoms with E-state index in [1.54, 1.807) is 6.20 Å². The van der Waals surface area contributed by atoms with Crippen LogP contribution >= 0.6 is 0 Å². The van der Waals surface area contributed by atoms with E-state index in [1.165, 1.54) is 0 Å². The SMILES string of the molecule is CCCN(CC)c1[c]nccc1. The second-order valence-electron chi connectivity index (χ2n) is 2.71. The molecule has 0 saturated carbocycles. The Kier molecular flexibility index (Phi) is 3.58. The maximum Gasteiger partial charge on any atom is 0.114 e. The number of aromatic nitrogens is 1. The number of pyridine rings is 1. The van der Waals surface area contributed by atoms with Gasteiger partial charge in [-0.05, 0) is 25.5 Å². The zero-order valence-corrected chi connectivity index (χ0v) is 7.75. The van der Waals surface area contributed by atoms with E-state index >= 15 is 0 Å². The van der Waals surface area contributed by atoms with Gasteiger partial charge in [-0.25, -0.2) is 0 Å². The van der Waals surface area contributed by atoms with E-state index in [9.17, 15) is 0 Å². The van der Waals surface area contributed by atoms with E-state index in [0.29, 0.717) is 0 Å². The highest BCUT2D eigenvalue weighted by molar-refractivity contribution is 5.42. The minimum absolute atomic E-state index is 1.02. The summed E-state index contributed by atoms with van der Waals surface area (Å²) in [5.74, 6) is 0. The third-order valence-corrected chi connectivity index (χ3v) is 1.81. The summed E-state index contributed by atoms with van der Waals surface area (Å²) in [6.45, 7) is 6.43. The minimum Gasteiger partial charge on any atom is -0.370 e. The molecule has 0 aromatic carbocycles. The largest absolute Gasteiger partial charge is 0.370 e. The fourth-order valence-corrected chi connectivity index (χ4v) is 1.21. The van der Waals surface area contributed by atoms with Gasteiger partial charge in [-0.2, -0.15) is 0 Å². The third kappa shape index (κ3) is 2.22. The molecular weight excluding hydrogens is 148 g/mol. The molecule has 0 aliphatic carbocycles. The van der Waals surface area contributed by atoms with Crippen LogP contribution in [0, 0.1) is 6.20 Å². The van der Waals surface area contributed by atoms with Crippen LogP contribution in [0.15, 0.2) is 18.3 Å². The second kappa shape index (κ2) is 4.75. The molecule has 0 amide bonds. The minimum atomic E-state index is 1.02. The number of nitrogens with zero attached hydrogens (tertiary/aromatic N) is 2. The molecule has 1 heterocycles. The fraction of sp³-hybridized carbons (Fsp3) is 0.500. The van der Waals surface area contributed by atoms with E-state index < -0.39 is 0 Å². The molecular formula is C10H15N2. The first kappa shape index (κ1) is 9.04. The van der Waals surface area contributed by atoms with Crippen LogP contribution < -0.4 is 4.90 Å². The molecule has 0 fully saturated rings. The number of rotatable bonds is 4. The Morgan fingerprint density at radius 1 is 1.50 bits per heavy atom. The normalized spacial score (nSPS) is 9.83. The summed E-state index contributed by atoms with van der Waals surface area (Å²) in [4.78, 5) is 6.24. The molecule has 0 spiro atoms. The first-order valence-electron chi connectivity index (χ1n) is 4.46. The quantitative estimate of drug-likeness (QED) is 0.676. The van der Waals surface area contributed by atoms with Crippen LogP contribution in [0.5, 0.6) is 0 Å². The van der Waals surface area contributed by atoms with E-state index in [1.807, 2.05) is 12.1 Å². The smallest absolute Gasteiger partial charge is 0.114 e. The van der Waals surface area contributed by atoms with Crippen molar-refractivity contribution in [2.75, 3.05) is 18.0 Å². The van der Waals surface area contributed by atoms with Crippen molar-refractivity contribution in [2.24, 2.45) is 0 Å². The Balaban J connectivity index is 2.66. The summed E-state index contributed by atoms with van der Waals surface area (Å²) in [6.07, 6.45) is 5.90. The van der Waals surface area contributed by atoms with Gasteiger partial charge in [0.15, 0.2) is 0 Å². The van der Waals surface area contributed by atoms with Gasteiger partial charge in [0.1, 0.15) is 6.20 Å². The molecule has 0 aliphatic heterocycles. The van der Waals surface area contributed by atoms with Crippen molar-refractivity contribution < 1.29 is 0 Å². The van der Waals surface area contributed by atoms with Gasteiger partial charge < -0.3 is 4.90 Å². The average Bonchev–Trinajstić information content (AvgIpc) is 2.15. The van der Waals surface area contributed by atoms with Gasteiger partial charge in [0, 0.05) is 19.3 Å². The van der Waals surface area contributed by atoms with Crippen molar-refractivity contribution in [3.63, 3.8) is 0 Å². The molecule has 65 valence electrons. The summed E-state index contributed by atoms with van der Waals surface area (Å²) >= 11 is 0. The summed E-state index contributed by atoms with van der Waals surface area (Å²) in [7, 11) is 0. The predicted octanol–water partition coefficient (Wildman–Crippen LogP) is 2.12. The Morgan fingerprint density at radius 2 is 2.33 bits per heavy atom. The number of hydrogen-bond donors (Lipinski definition) is 0. The van der Waals surface area contributed by atoms with Gasteiger partial charge in [-0.1, -0.05) is 6.92 Å². The molecule has 0 atom stereocenters. The van der Waals surface area contributed by atoms with Crippen molar-refractivity contribution in [2.45, 2.75) is 20.3 Å². The number of anilines is 1. The highest BCUT2D eigenvalue weighted by Gasteiger charge is 2.01. The number of hydrogen-bond acceptors (Lipinski definition) is 2. The molecule has 1 rings (SSSR count). The third-order valence-electron chi connectivity index (χ3n) is 1.81. The van der Waals surface area contributed by atoms with Crippen LogP contribution in [-0.4, -0.2) is 18.1 Å². The fourth-order valence-electron chi connectivity index (χ4n) is 1.21.